The highest BCUT2D eigenvalue weighted by Gasteiger charge is 2.29. The quantitative estimate of drug-likeness (QED) is 0.102. The molecule has 0 bridgehead atoms. The van der Waals surface area contributed by atoms with Crippen molar-refractivity contribution in [2.45, 2.75) is 126 Å². The standard InChI is InChI=1S/C13H17NO4.2C11H15NO2.C10H13NO2/c1-8(15)9-6-10(13(2,3)4)11(14(16)17)7-12(9)18-5;2*1-8-5-6-9(11(2,3)4)10(7-8)12(13)14;1-10(2,3)8-6-4-5-7-9(8)11(12)13/h6-7H,1-5H3;2*5-7H,1-4H3;4-7H,1-3H3. The largest absolute Gasteiger partial charge is 0.496 e. The van der Waals surface area contributed by atoms with Crippen LogP contribution in [0, 0.1) is 54.3 Å². The summed E-state index contributed by atoms with van der Waals surface area (Å²) >= 11 is 0. The molecule has 0 N–H and O–H groups in total. The molecular formula is C45H60N4O10. The number of Topliss-reactive ketones (excluding diaryl/α,β-unsaturated/α-hetero) is 1. The maximum absolute atomic E-state index is 11.5. The molecule has 0 aromatic heterocycles. The highest BCUT2D eigenvalue weighted by atomic mass is 16.6. The number of hydrogen-bond acceptors (Lipinski definition) is 10. The monoisotopic (exact) mass is 816 g/mol. The number of rotatable bonds is 6. The first-order chi connectivity index (χ1) is 26.7. The summed E-state index contributed by atoms with van der Waals surface area (Å²) in [5.74, 6) is 0.0643. The van der Waals surface area contributed by atoms with E-state index in [4.69, 9.17) is 4.74 Å². The first-order valence-electron chi connectivity index (χ1n) is 18.9. The van der Waals surface area contributed by atoms with Crippen LogP contribution >= 0.6 is 0 Å². The number of methoxy groups -OCH3 is 1. The van der Waals surface area contributed by atoms with Crippen molar-refractivity contribution in [2.24, 2.45) is 0 Å². The van der Waals surface area contributed by atoms with Crippen LogP contribution in [-0.2, 0) is 21.7 Å². The van der Waals surface area contributed by atoms with E-state index >= 15 is 0 Å². The van der Waals surface area contributed by atoms with Gasteiger partial charge in [-0.3, -0.25) is 45.3 Å². The predicted octanol–water partition coefficient (Wildman–Crippen LogP) is 12.4. The third kappa shape index (κ3) is 15.0. The van der Waals surface area contributed by atoms with Crippen LogP contribution < -0.4 is 4.74 Å². The first-order valence-corrected chi connectivity index (χ1v) is 18.9. The van der Waals surface area contributed by atoms with Crippen LogP contribution in [0.5, 0.6) is 5.75 Å². The molecule has 0 aliphatic heterocycles. The van der Waals surface area contributed by atoms with Crippen LogP contribution in [0.4, 0.5) is 22.7 Å². The molecule has 320 valence electrons. The van der Waals surface area contributed by atoms with Gasteiger partial charge >= 0.3 is 0 Å². The van der Waals surface area contributed by atoms with Gasteiger partial charge in [0, 0.05) is 40.5 Å². The molecule has 0 amide bonds. The van der Waals surface area contributed by atoms with Crippen molar-refractivity contribution < 1.29 is 29.2 Å². The van der Waals surface area contributed by atoms with Crippen molar-refractivity contribution in [1.29, 1.82) is 0 Å². The molecule has 14 nitrogen and oxygen atoms in total. The van der Waals surface area contributed by atoms with Crippen molar-refractivity contribution in [1.82, 2.24) is 0 Å². The summed E-state index contributed by atoms with van der Waals surface area (Å²) in [5, 5.41) is 43.4. The van der Waals surface area contributed by atoms with Gasteiger partial charge in [-0.2, -0.15) is 0 Å². The molecule has 0 saturated carbocycles. The van der Waals surface area contributed by atoms with Crippen molar-refractivity contribution in [2.75, 3.05) is 7.11 Å². The molecule has 59 heavy (non-hydrogen) atoms. The van der Waals surface area contributed by atoms with Gasteiger partial charge in [-0.25, -0.2) is 0 Å². The molecule has 0 atom stereocenters. The minimum Gasteiger partial charge on any atom is -0.496 e. The van der Waals surface area contributed by atoms with Crippen LogP contribution in [0.1, 0.15) is 134 Å². The van der Waals surface area contributed by atoms with E-state index in [0.717, 1.165) is 27.8 Å². The highest BCUT2D eigenvalue weighted by Crippen LogP contribution is 2.37. The molecule has 0 spiro atoms. The van der Waals surface area contributed by atoms with E-state index in [-0.39, 0.29) is 65.3 Å². The average molecular weight is 817 g/mol. The number of nitrogens with zero attached hydrogens (tertiary/aromatic N) is 4. The summed E-state index contributed by atoms with van der Waals surface area (Å²) in [6.07, 6.45) is 0. The van der Waals surface area contributed by atoms with Gasteiger partial charge in [0.1, 0.15) is 5.75 Å². The minimum absolute atomic E-state index is 0.0237. The average Bonchev–Trinajstić information content (AvgIpc) is 3.09. The van der Waals surface area contributed by atoms with E-state index in [0.29, 0.717) is 11.1 Å². The molecule has 0 unspecified atom stereocenters. The molecular weight excluding hydrogens is 757 g/mol. The van der Waals surface area contributed by atoms with Gasteiger partial charge in [0.15, 0.2) is 5.78 Å². The second-order valence-electron chi connectivity index (χ2n) is 18.2. The topological polar surface area (TPSA) is 199 Å². The summed E-state index contributed by atoms with van der Waals surface area (Å²) in [7, 11) is 1.39. The van der Waals surface area contributed by atoms with Gasteiger partial charge in [-0.1, -0.05) is 126 Å². The lowest BCUT2D eigenvalue weighted by Crippen LogP contribution is -2.15. The number of nitro benzene ring substituents is 4. The summed E-state index contributed by atoms with van der Waals surface area (Å²) in [5.41, 5.74) is 4.74. The lowest BCUT2D eigenvalue weighted by Gasteiger charge is -2.20. The number of aryl methyl sites for hydroxylation is 2. The molecule has 0 saturated heterocycles. The van der Waals surface area contributed by atoms with E-state index in [2.05, 4.69) is 0 Å². The van der Waals surface area contributed by atoms with Crippen molar-refractivity contribution in [3.63, 3.8) is 0 Å². The number of benzene rings is 4. The number of carbonyl (C=O) groups excluding carboxylic acids is 1. The predicted molar refractivity (Wildman–Crippen MR) is 233 cm³/mol. The summed E-state index contributed by atoms with van der Waals surface area (Å²) < 4.78 is 5.04. The van der Waals surface area contributed by atoms with Crippen molar-refractivity contribution in [3.8, 4) is 5.75 Å². The van der Waals surface area contributed by atoms with E-state index in [1.165, 1.54) is 20.1 Å². The van der Waals surface area contributed by atoms with Crippen LogP contribution in [0.2, 0.25) is 0 Å². The van der Waals surface area contributed by atoms with E-state index in [1.54, 1.807) is 36.4 Å². The molecule has 0 radical (unpaired) electrons. The van der Waals surface area contributed by atoms with Crippen molar-refractivity contribution >= 4 is 28.5 Å². The Morgan fingerprint density at radius 2 is 0.797 bits per heavy atom. The molecule has 4 rings (SSSR count). The van der Waals surface area contributed by atoms with Gasteiger partial charge in [0.25, 0.3) is 22.7 Å². The number of ketones is 1. The zero-order valence-electron chi connectivity index (χ0n) is 37.3. The maximum Gasteiger partial charge on any atom is 0.276 e. The van der Waals surface area contributed by atoms with Crippen LogP contribution in [-0.4, -0.2) is 32.6 Å². The van der Waals surface area contributed by atoms with Gasteiger partial charge in [-0.05, 0) is 59.6 Å². The van der Waals surface area contributed by atoms with Crippen LogP contribution in [0.15, 0.2) is 72.8 Å². The third-order valence-electron chi connectivity index (χ3n) is 8.93. The number of nitro groups is 4. The van der Waals surface area contributed by atoms with E-state index in [1.807, 2.05) is 127 Å². The lowest BCUT2D eigenvalue weighted by atomic mass is 9.84. The normalized spacial score (nSPS) is 11.3. The van der Waals surface area contributed by atoms with E-state index in [9.17, 15) is 45.3 Å². The fraction of sp³-hybridized carbons (Fsp3) is 0.444. The first kappa shape index (κ1) is 51.0. The second-order valence-corrected chi connectivity index (χ2v) is 18.2. The van der Waals surface area contributed by atoms with Gasteiger partial charge in [0.05, 0.1) is 38.4 Å². The molecule has 4 aromatic carbocycles. The molecule has 0 heterocycles. The minimum atomic E-state index is -0.451. The Kier molecular flexibility index (Phi) is 17.3. The number of hydrogen-bond donors (Lipinski definition) is 0. The Morgan fingerprint density at radius 3 is 1.08 bits per heavy atom. The zero-order valence-corrected chi connectivity index (χ0v) is 37.3. The smallest absolute Gasteiger partial charge is 0.276 e. The van der Waals surface area contributed by atoms with Crippen molar-refractivity contribution in [3.05, 3.63) is 152 Å². The Balaban J connectivity index is 0.000000396. The number of para-hydroxylation sites is 1. The zero-order chi connectivity index (χ0) is 46.0. The lowest BCUT2D eigenvalue weighted by molar-refractivity contribution is -0.386. The molecule has 0 fully saturated rings. The third-order valence-corrected chi connectivity index (χ3v) is 8.93. The fourth-order valence-corrected chi connectivity index (χ4v) is 5.89. The van der Waals surface area contributed by atoms with Crippen LogP contribution in [0.25, 0.3) is 0 Å². The van der Waals surface area contributed by atoms with Gasteiger partial charge in [-0.15, -0.1) is 0 Å². The summed E-state index contributed by atoms with van der Waals surface area (Å²) in [6.45, 7) is 28.5. The maximum atomic E-state index is 11.5. The molecule has 0 aliphatic carbocycles. The van der Waals surface area contributed by atoms with Gasteiger partial charge < -0.3 is 4.74 Å². The second kappa shape index (κ2) is 20.1. The molecule has 4 aromatic rings. The Bertz CT molecular complexity index is 2090. The van der Waals surface area contributed by atoms with E-state index < -0.39 is 10.3 Å². The highest BCUT2D eigenvalue weighted by molar-refractivity contribution is 5.97. The molecule has 14 heteroatoms. The van der Waals surface area contributed by atoms with Crippen LogP contribution in [0.3, 0.4) is 0 Å². The summed E-state index contributed by atoms with van der Waals surface area (Å²) in [4.78, 5) is 53.5. The molecule has 0 aliphatic rings. The summed E-state index contributed by atoms with van der Waals surface area (Å²) in [6, 6.07) is 20.5. The number of ether oxygens (including phenoxy) is 1. The SMILES string of the molecule is CC(C)(C)c1ccccc1[N+](=O)[O-].COc1cc([N+](=O)[O-])c(C(C)(C)C)cc1C(C)=O.Cc1ccc(C(C)(C)C)c([N+](=O)[O-])c1.Cc1ccc(C(C)(C)C)c([N+](=O)[O-])c1. The Labute approximate surface area is 347 Å². The fourth-order valence-electron chi connectivity index (χ4n) is 5.89. The Morgan fingerprint density at radius 1 is 0.475 bits per heavy atom. The Hall–Kier alpha value is -6.05. The number of carbonyl (C=O) groups is 1. The van der Waals surface area contributed by atoms with Gasteiger partial charge in [0.2, 0.25) is 0 Å².